The number of aryl methyl sites for hydroxylation is 1. The maximum absolute atomic E-state index is 11.8. The number of nitrogens with zero attached hydrogens (tertiary/aromatic N) is 1. The van der Waals surface area contributed by atoms with Crippen molar-refractivity contribution in [3.8, 4) is 21.7 Å². The minimum absolute atomic E-state index is 0.0483. The molecule has 5 rings (SSSR count). The minimum atomic E-state index is -0.0483. The van der Waals surface area contributed by atoms with E-state index < -0.39 is 0 Å². The van der Waals surface area contributed by atoms with Crippen LogP contribution in [-0.4, -0.2) is 16.6 Å². The second kappa shape index (κ2) is 9.79. The van der Waals surface area contributed by atoms with Crippen molar-refractivity contribution in [1.82, 2.24) is 4.98 Å². The zero-order valence-corrected chi connectivity index (χ0v) is 21.0. The Balaban J connectivity index is 1.43. The molecule has 1 amide bonds. The molecule has 0 saturated carbocycles. The van der Waals surface area contributed by atoms with Gasteiger partial charge >= 0.3 is 0 Å². The Morgan fingerprint density at radius 2 is 1.97 bits per heavy atom. The van der Waals surface area contributed by atoms with Crippen molar-refractivity contribution < 1.29 is 4.79 Å². The Morgan fingerprint density at radius 3 is 2.75 bits per heavy atom. The molecule has 1 aliphatic rings. The third-order valence-electron chi connectivity index (χ3n) is 6.16. The molecule has 1 aliphatic heterocycles. The molecule has 0 radical (unpaired) electrons. The van der Waals surface area contributed by atoms with Crippen LogP contribution in [0.5, 0.6) is 0 Å². The molecule has 0 aliphatic carbocycles. The number of aromatic nitrogens is 1. The summed E-state index contributed by atoms with van der Waals surface area (Å²) in [6.07, 6.45) is 3.15. The molecule has 0 atom stereocenters. The number of amides is 1. The van der Waals surface area contributed by atoms with Crippen molar-refractivity contribution in [1.29, 1.82) is 5.41 Å². The second-order valence-electron chi connectivity index (χ2n) is 8.68. The van der Waals surface area contributed by atoms with E-state index >= 15 is 0 Å². The van der Waals surface area contributed by atoms with Crippen molar-refractivity contribution >= 4 is 40.0 Å². The zero-order valence-electron chi connectivity index (χ0n) is 20.2. The van der Waals surface area contributed by atoms with Crippen molar-refractivity contribution in [2.45, 2.75) is 26.7 Å². The van der Waals surface area contributed by atoms with E-state index in [4.69, 9.17) is 16.1 Å². The number of carbonyl (C=O) groups is 1. The van der Waals surface area contributed by atoms with E-state index in [1.165, 1.54) is 20.9 Å². The van der Waals surface area contributed by atoms with Crippen LogP contribution in [0.1, 0.15) is 29.5 Å². The maximum atomic E-state index is 11.8. The highest BCUT2D eigenvalue weighted by atomic mass is 32.1. The number of fused-ring (bicyclic) bond motifs is 1. The predicted octanol–water partition coefficient (Wildman–Crippen LogP) is 6.64. The first-order valence-electron chi connectivity index (χ1n) is 11.8. The molecule has 180 valence electrons. The molecular formula is C29H27N5OS. The van der Waals surface area contributed by atoms with Gasteiger partial charge in [0.2, 0.25) is 5.91 Å². The molecule has 0 fully saturated rings. The highest BCUT2D eigenvalue weighted by Crippen LogP contribution is 2.37. The highest BCUT2D eigenvalue weighted by molar-refractivity contribution is 7.15. The Kier molecular flexibility index (Phi) is 6.40. The predicted molar refractivity (Wildman–Crippen MR) is 150 cm³/mol. The molecule has 6 nitrogen and oxygen atoms in total. The van der Waals surface area contributed by atoms with E-state index in [0.29, 0.717) is 41.3 Å². The molecule has 2 aromatic heterocycles. The minimum Gasteiger partial charge on any atom is -0.397 e. The standard InChI is InChI=1S/C29H27N5OS/c1-3-27(35)32-19-7-4-6-18(16-19)23-14-12-22(30)29(34-23)28(31)25-13-11-20-21(8-5-9-24(20)33-25)26-15-10-17(2)36-26/h4-10,12-16,31,33H,3,11,30H2,1-2H3,(H,32,35). The Bertz CT molecular complexity index is 1520. The number of thiophene rings is 1. The fraction of sp³-hybridized carbons (Fsp3) is 0.138. The average molecular weight is 494 g/mol. The van der Waals surface area contributed by atoms with Crippen LogP contribution in [0.3, 0.4) is 0 Å². The largest absolute Gasteiger partial charge is 0.397 e. The van der Waals surface area contributed by atoms with Crippen LogP contribution in [0.15, 0.2) is 78.5 Å². The van der Waals surface area contributed by atoms with E-state index in [2.05, 4.69) is 35.8 Å². The summed E-state index contributed by atoms with van der Waals surface area (Å²) >= 11 is 1.78. The zero-order chi connectivity index (χ0) is 25.2. The van der Waals surface area contributed by atoms with Gasteiger partial charge in [0.15, 0.2) is 0 Å². The first kappa shape index (κ1) is 23.5. The summed E-state index contributed by atoms with van der Waals surface area (Å²) in [7, 11) is 0. The van der Waals surface area contributed by atoms with Crippen LogP contribution in [0.4, 0.5) is 17.1 Å². The molecule has 7 heteroatoms. The van der Waals surface area contributed by atoms with Gasteiger partial charge in [-0.05, 0) is 66.9 Å². The Hall–Kier alpha value is -4.23. The Labute approximate surface area is 214 Å². The number of anilines is 3. The number of benzene rings is 2. The number of nitrogens with one attached hydrogen (secondary N) is 3. The van der Waals surface area contributed by atoms with E-state index in [-0.39, 0.29) is 11.6 Å². The van der Waals surface area contributed by atoms with Crippen molar-refractivity contribution in [2.75, 3.05) is 16.4 Å². The maximum Gasteiger partial charge on any atom is 0.224 e. The van der Waals surface area contributed by atoms with E-state index in [1.54, 1.807) is 17.4 Å². The fourth-order valence-electron chi connectivity index (χ4n) is 4.26. The third-order valence-corrected chi connectivity index (χ3v) is 7.19. The molecule has 2 aromatic carbocycles. The molecule has 4 aromatic rings. The molecule has 36 heavy (non-hydrogen) atoms. The SMILES string of the molecule is CCC(=O)Nc1cccc(-c2ccc(N)c(C(=N)C3=CCc4c(cccc4-c4ccc(C)s4)N3)n2)c1. The van der Waals surface area contributed by atoms with Gasteiger partial charge in [-0.1, -0.05) is 37.3 Å². The molecular weight excluding hydrogens is 466 g/mol. The lowest BCUT2D eigenvalue weighted by Gasteiger charge is -2.22. The number of nitrogens with two attached hydrogens (primary N) is 1. The first-order chi connectivity index (χ1) is 17.4. The molecule has 5 N–H and O–H groups in total. The highest BCUT2D eigenvalue weighted by Gasteiger charge is 2.21. The topological polar surface area (TPSA) is 104 Å². The number of hydrogen-bond donors (Lipinski definition) is 4. The summed E-state index contributed by atoms with van der Waals surface area (Å²) in [5.74, 6) is -0.0483. The quantitative estimate of drug-likeness (QED) is 0.226. The van der Waals surface area contributed by atoms with Gasteiger partial charge in [-0.15, -0.1) is 11.3 Å². The number of carbonyl (C=O) groups excluding carboxylic acids is 1. The fourth-order valence-corrected chi connectivity index (χ4v) is 5.18. The van der Waals surface area contributed by atoms with E-state index in [1.807, 2.05) is 55.5 Å². The number of rotatable bonds is 6. The smallest absolute Gasteiger partial charge is 0.224 e. The van der Waals surface area contributed by atoms with Crippen LogP contribution in [0.2, 0.25) is 0 Å². The molecule has 0 spiro atoms. The summed E-state index contributed by atoms with van der Waals surface area (Å²) in [5.41, 5.74) is 13.7. The normalized spacial score (nSPS) is 12.3. The summed E-state index contributed by atoms with van der Waals surface area (Å²) in [6, 6.07) is 21.7. The third kappa shape index (κ3) is 4.65. The van der Waals surface area contributed by atoms with E-state index in [9.17, 15) is 4.79 Å². The van der Waals surface area contributed by atoms with Crippen molar-refractivity contribution in [2.24, 2.45) is 0 Å². The second-order valence-corrected chi connectivity index (χ2v) is 9.97. The van der Waals surface area contributed by atoms with Crippen LogP contribution in [0, 0.1) is 12.3 Å². The van der Waals surface area contributed by atoms with Crippen molar-refractivity contribution in [3.63, 3.8) is 0 Å². The average Bonchev–Trinajstić information content (AvgIpc) is 3.34. The van der Waals surface area contributed by atoms with Gasteiger partial charge in [0.05, 0.1) is 17.1 Å². The molecule has 0 unspecified atom stereocenters. The lowest BCUT2D eigenvalue weighted by atomic mass is 9.96. The van der Waals surface area contributed by atoms with Crippen LogP contribution < -0.4 is 16.4 Å². The van der Waals surface area contributed by atoms with Gasteiger partial charge < -0.3 is 16.4 Å². The monoisotopic (exact) mass is 493 g/mol. The summed E-state index contributed by atoms with van der Waals surface area (Å²) < 4.78 is 0. The summed E-state index contributed by atoms with van der Waals surface area (Å²) in [6.45, 7) is 3.93. The number of pyridine rings is 1. The molecule has 0 saturated heterocycles. The van der Waals surface area contributed by atoms with Crippen LogP contribution in [0.25, 0.3) is 21.7 Å². The molecule has 0 bridgehead atoms. The summed E-state index contributed by atoms with van der Waals surface area (Å²) in [5, 5.41) is 15.2. The van der Waals surface area contributed by atoms with Gasteiger partial charge in [-0.25, -0.2) is 4.98 Å². The van der Waals surface area contributed by atoms with Gasteiger partial charge in [-0.3, -0.25) is 10.2 Å². The number of nitrogen functional groups attached to an aromatic ring is 1. The van der Waals surface area contributed by atoms with Gasteiger partial charge in [-0.2, -0.15) is 0 Å². The Morgan fingerprint density at radius 1 is 1.14 bits per heavy atom. The first-order valence-corrected chi connectivity index (χ1v) is 12.7. The number of allylic oxidation sites excluding steroid dienone is 2. The van der Waals surface area contributed by atoms with E-state index in [0.717, 1.165) is 11.3 Å². The van der Waals surface area contributed by atoms with Gasteiger partial charge in [0, 0.05) is 33.1 Å². The lowest BCUT2D eigenvalue weighted by Crippen LogP contribution is -2.19. The van der Waals surface area contributed by atoms with Gasteiger partial charge in [0.25, 0.3) is 0 Å². The number of hydrogen-bond acceptors (Lipinski definition) is 6. The summed E-state index contributed by atoms with van der Waals surface area (Å²) in [4.78, 5) is 19.1. The van der Waals surface area contributed by atoms with Crippen LogP contribution in [-0.2, 0) is 11.2 Å². The van der Waals surface area contributed by atoms with Gasteiger partial charge in [0.1, 0.15) is 11.4 Å². The lowest BCUT2D eigenvalue weighted by molar-refractivity contribution is -0.115. The van der Waals surface area contributed by atoms with Crippen LogP contribution >= 0.6 is 11.3 Å². The molecule has 3 heterocycles. The van der Waals surface area contributed by atoms with Crippen molar-refractivity contribution in [3.05, 3.63) is 94.6 Å².